The summed E-state index contributed by atoms with van der Waals surface area (Å²) in [5.41, 5.74) is -14.8. The predicted octanol–water partition coefficient (Wildman–Crippen LogP) is 1.96. The highest BCUT2D eigenvalue weighted by Crippen LogP contribution is 2.64. The van der Waals surface area contributed by atoms with Gasteiger partial charge in [-0.2, -0.15) is 21.6 Å². The standard InChI is InChI=1S/C30H35F3O12S/c1-14-17(35)12-29(39)24(43-25(38)16-9-7-6-8-10-16)22-27(5,23(37)21(36)20(14)26(29,3)4)18(45-46(40,41)30(31,32)33)11-19-28(22,13-42-19)44-15(2)34/h6-10,17-19,21-22,24,35-36,39H,11-13H2,1-5H3/t17-,18-,19+,21+,22-,24-,27+,28-,29+/m0/s1. The Hall–Kier alpha value is -2.89. The first-order valence-corrected chi connectivity index (χ1v) is 15.9. The molecule has 254 valence electrons. The van der Waals surface area contributed by atoms with Gasteiger partial charge in [0.25, 0.3) is 0 Å². The van der Waals surface area contributed by atoms with Gasteiger partial charge in [-0.3, -0.25) is 13.8 Å². The second kappa shape index (κ2) is 10.8. The average Bonchev–Trinajstić information content (AvgIpc) is 2.94. The summed E-state index contributed by atoms with van der Waals surface area (Å²) in [6, 6.07) is 7.37. The van der Waals surface area contributed by atoms with E-state index in [1.807, 2.05) is 0 Å². The maximum Gasteiger partial charge on any atom is 0.523 e. The van der Waals surface area contributed by atoms with Gasteiger partial charge in [-0.25, -0.2) is 4.79 Å². The number of rotatable bonds is 5. The first kappa shape index (κ1) is 34.4. The summed E-state index contributed by atoms with van der Waals surface area (Å²) in [6.45, 7) is 5.78. The number of ketones is 1. The Bertz CT molecular complexity index is 1590. The number of aliphatic hydroxyl groups is 3. The number of Topliss-reactive ketones (excluding diaryl/α,β-unsaturated/α-hetero) is 1. The quantitative estimate of drug-likeness (QED) is 0.179. The van der Waals surface area contributed by atoms with Crippen LogP contribution in [0.2, 0.25) is 0 Å². The summed E-state index contributed by atoms with van der Waals surface area (Å²) >= 11 is 0. The van der Waals surface area contributed by atoms with Gasteiger partial charge in [-0.15, -0.1) is 0 Å². The Morgan fingerprint density at radius 1 is 1.09 bits per heavy atom. The third-order valence-electron chi connectivity index (χ3n) is 10.4. The van der Waals surface area contributed by atoms with Crippen LogP contribution in [-0.2, 0) is 38.1 Å². The van der Waals surface area contributed by atoms with Gasteiger partial charge in [0.15, 0.2) is 11.4 Å². The van der Waals surface area contributed by atoms with Crippen LogP contribution in [0, 0.1) is 16.7 Å². The number of carbonyl (C=O) groups is 3. The Morgan fingerprint density at radius 2 is 1.70 bits per heavy atom. The lowest BCUT2D eigenvalue weighted by Gasteiger charge is -2.67. The summed E-state index contributed by atoms with van der Waals surface area (Å²) in [4.78, 5) is 40.9. The van der Waals surface area contributed by atoms with E-state index in [1.165, 1.54) is 45.0 Å². The zero-order valence-electron chi connectivity index (χ0n) is 25.5. The molecule has 9 atom stereocenters. The van der Waals surface area contributed by atoms with E-state index in [0.717, 1.165) is 13.8 Å². The van der Waals surface area contributed by atoms with Crippen molar-refractivity contribution >= 4 is 27.8 Å². The number of hydrogen-bond acceptors (Lipinski definition) is 12. The monoisotopic (exact) mass is 676 g/mol. The van der Waals surface area contributed by atoms with Crippen molar-refractivity contribution in [3.63, 3.8) is 0 Å². The molecule has 4 aliphatic rings. The number of carbonyl (C=O) groups excluding carboxylic acids is 3. The van der Waals surface area contributed by atoms with Crippen LogP contribution in [0.4, 0.5) is 13.2 Å². The van der Waals surface area contributed by atoms with Gasteiger partial charge in [0.2, 0.25) is 0 Å². The molecule has 16 heteroatoms. The minimum absolute atomic E-state index is 0.0338. The second-order valence-corrected chi connectivity index (χ2v) is 14.7. The van der Waals surface area contributed by atoms with Gasteiger partial charge in [0, 0.05) is 25.2 Å². The molecule has 0 amide bonds. The predicted molar refractivity (Wildman–Crippen MR) is 149 cm³/mol. The number of ether oxygens (including phenoxy) is 3. The molecule has 1 aromatic rings. The van der Waals surface area contributed by atoms with Gasteiger partial charge < -0.3 is 29.5 Å². The van der Waals surface area contributed by atoms with Crippen LogP contribution in [0.5, 0.6) is 0 Å². The van der Waals surface area contributed by atoms with Gasteiger partial charge in [0.05, 0.1) is 35.7 Å². The third-order valence-corrected chi connectivity index (χ3v) is 11.5. The molecule has 5 rings (SSSR count). The normalized spacial score (nSPS) is 38.8. The van der Waals surface area contributed by atoms with Crippen molar-refractivity contribution in [3.8, 4) is 0 Å². The molecule has 1 saturated heterocycles. The van der Waals surface area contributed by atoms with Crippen LogP contribution in [0.1, 0.15) is 57.8 Å². The Kier molecular flexibility index (Phi) is 8.10. The Labute approximate surface area is 262 Å². The van der Waals surface area contributed by atoms with Crippen LogP contribution < -0.4 is 0 Å². The third kappa shape index (κ3) is 4.74. The molecule has 2 saturated carbocycles. The van der Waals surface area contributed by atoms with E-state index in [4.69, 9.17) is 18.4 Å². The SMILES string of the molecule is CC(=O)O[C@@]12CO[C@@H]1C[C@H](OS(=O)(=O)C(F)(F)F)[C@@]1(C)C(=O)[C@H](O)C3=C(C)[C@@H](O)C[C@@](O)([C@@H](OC(=O)c4ccccc4)[C@H]21)C3(C)C. The summed E-state index contributed by atoms with van der Waals surface area (Å²) in [5.74, 6) is -5.14. The number of fused-ring (bicyclic) bond motifs is 5. The lowest BCUT2D eigenvalue weighted by atomic mass is 9.44. The molecule has 12 nitrogen and oxygen atoms in total. The lowest BCUT2D eigenvalue weighted by Crippen LogP contribution is -2.82. The summed E-state index contributed by atoms with van der Waals surface area (Å²) in [7, 11) is -6.39. The molecule has 0 radical (unpaired) electrons. The Balaban J connectivity index is 1.85. The van der Waals surface area contributed by atoms with Gasteiger partial charge in [-0.1, -0.05) is 32.0 Å². The minimum atomic E-state index is -6.39. The first-order chi connectivity index (χ1) is 21.1. The van der Waals surface area contributed by atoms with Crippen LogP contribution in [-0.4, -0.2) is 95.3 Å². The molecule has 3 N–H and O–H groups in total. The van der Waals surface area contributed by atoms with E-state index < -0.39 is 111 Å². The van der Waals surface area contributed by atoms with Crippen LogP contribution in [0.3, 0.4) is 0 Å². The maximum atomic E-state index is 14.6. The van der Waals surface area contributed by atoms with Crippen molar-refractivity contribution in [1.82, 2.24) is 0 Å². The summed E-state index contributed by atoms with van der Waals surface area (Å²) in [6.07, 6.45) is -10.7. The number of benzene rings is 1. The number of halogens is 3. The zero-order chi connectivity index (χ0) is 34.4. The molecule has 2 bridgehead atoms. The molecule has 1 aliphatic heterocycles. The zero-order valence-corrected chi connectivity index (χ0v) is 26.3. The molecule has 1 aromatic carbocycles. The van der Waals surface area contributed by atoms with Crippen molar-refractivity contribution in [3.05, 3.63) is 47.0 Å². The van der Waals surface area contributed by atoms with Gasteiger partial charge >= 0.3 is 27.6 Å². The highest BCUT2D eigenvalue weighted by molar-refractivity contribution is 7.87. The van der Waals surface area contributed by atoms with Crippen molar-refractivity contribution in [1.29, 1.82) is 0 Å². The molecular weight excluding hydrogens is 641 g/mol. The van der Waals surface area contributed by atoms with E-state index in [1.54, 1.807) is 6.07 Å². The molecule has 3 fully saturated rings. The summed E-state index contributed by atoms with van der Waals surface area (Å²) < 4.78 is 88.0. The molecule has 3 aliphatic carbocycles. The van der Waals surface area contributed by atoms with Crippen molar-refractivity contribution in [2.45, 2.75) is 94.7 Å². The van der Waals surface area contributed by atoms with E-state index >= 15 is 0 Å². The lowest BCUT2D eigenvalue weighted by molar-refractivity contribution is -0.344. The van der Waals surface area contributed by atoms with Gasteiger partial charge in [0.1, 0.15) is 23.9 Å². The number of aliphatic hydroxyl groups excluding tert-OH is 2. The Morgan fingerprint density at radius 3 is 2.22 bits per heavy atom. The molecule has 0 spiro atoms. The van der Waals surface area contributed by atoms with E-state index in [-0.39, 0.29) is 16.7 Å². The number of alkyl halides is 3. The average molecular weight is 677 g/mol. The van der Waals surface area contributed by atoms with Crippen molar-refractivity contribution < 1.29 is 69.7 Å². The fourth-order valence-corrected chi connectivity index (χ4v) is 8.68. The second-order valence-electron chi connectivity index (χ2n) is 13.2. The van der Waals surface area contributed by atoms with Crippen LogP contribution in [0.25, 0.3) is 0 Å². The smallest absolute Gasteiger partial charge is 0.455 e. The van der Waals surface area contributed by atoms with E-state index in [9.17, 15) is 51.3 Å². The fourth-order valence-electron chi connectivity index (χ4n) is 7.99. The number of hydrogen-bond donors (Lipinski definition) is 3. The van der Waals surface area contributed by atoms with Crippen LogP contribution >= 0.6 is 0 Å². The topological polar surface area (TPSA) is 183 Å². The molecule has 0 aromatic heterocycles. The summed E-state index contributed by atoms with van der Waals surface area (Å²) in [5, 5.41) is 35.6. The molecule has 0 unspecified atom stereocenters. The van der Waals surface area contributed by atoms with E-state index in [2.05, 4.69) is 0 Å². The van der Waals surface area contributed by atoms with Crippen LogP contribution in [0.15, 0.2) is 41.5 Å². The maximum absolute atomic E-state index is 14.6. The largest absolute Gasteiger partial charge is 0.523 e. The van der Waals surface area contributed by atoms with Crippen molar-refractivity contribution in [2.24, 2.45) is 16.7 Å². The minimum Gasteiger partial charge on any atom is -0.455 e. The first-order valence-electron chi connectivity index (χ1n) is 14.5. The molecule has 1 heterocycles. The number of esters is 2. The van der Waals surface area contributed by atoms with Gasteiger partial charge in [-0.05, 0) is 37.1 Å². The molecular formula is C30H35F3O12S. The van der Waals surface area contributed by atoms with Crippen molar-refractivity contribution in [2.75, 3.05) is 6.61 Å². The van der Waals surface area contributed by atoms with E-state index in [0.29, 0.717) is 0 Å². The molecule has 46 heavy (non-hydrogen) atoms. The fraction of sp³-hybridized carbons (Fsp3) is 0.633. The highest BCUT2D eigenvalue weighted by atomic mass is 32.2. The highest BCUT2D eigenvalue weighted by Gasteiger charge is 2.78.